The van der Waals surface area contributed by atoms with Crippen LogP contribution in [0.1, 0.15) is 23.9 Å². The van der Waals surface area contributed by atoms with Crippen molar-refractivity contribution in [1.29, 1.82) is 0 Å². The summed E-state index contributed by atoms with van der Waals surface area (Å²) in [6, 6.07) is 23.3. The predicted octanol–water partition coefficient (Wildman–Crippen LogP) is 5.96. The third-order valence-corrected chi connectivity index (χ3v) is 10.6. The molecular formula is C32H33N5O2S2. The third-order valence-electron chi connectivity index (χ3n) is 7.97. The Morgan fingerprint density at radius 3 is 2.71 bits per heavy atom. The van der Waals surface area contributed by atoms with E-state index in [4.69, 9.17) is 9.72 Å². The highest BCUT2D eigenvalue weighted by Gasteiger charge is 2.28. The number of hydrogen-bond donors (Lipinski definition) is 3. The van der Waals surface area contributed by atoms with E-state index in [-0.39, 0.29) is 11.6 Å². The number of H-pyrrole nitrogens is 1. The quantitative estimate of drug-likeness (QED) is 0.226. The Kier molecular flexibility index (Phi) is 7.51. The number of pyridine rings is 2. The highest BCUT2D eigenvalue weighted by molar-refractivity contribution is 8.05. The molecule has 0 radical (unpaired) electrons. The summed E-state index contributed by atoms with van der Waals surface area (Å²) in [5.74, 6) is 0.487. The number of rotatable bonds is 6. The fourth-order valence-electron chi connectivity index (χ4n) is 5.89. The van der Waals surface area contributed by atoms with E-state index < -0.39 is 0 Å². The number of nitrogens with one attached hydrogen (secondary N) is 3. The fraction of sp³-hybridized carbons (Fsp3) is 0.312. The molecule has 7 rings (SSSR count). The standard InChI is InChI=1S/C32H33N5O2S2/c1-20-4-2-6-25(34-20)31(21-10-11-33-19-21)35-22-8-9-27-29(16-22)40-28-7-3-5-24(32(28)41-27)26-17-23(18-30(38)36-26)37-12-14-39-15-13-37/h2-9,16-18,21,31,33,35H,10-15,19H2,1H3,(H,36,38). The van der Waals surface area contributed by atoms with Gasteiger partial charge in [0.05, 0.1) is 30.6 Å². The summed E-state index contributed by atoms with van der Waals surface area (Å²) in [5, 5.41) is 7.36. The van der Waals surface area contributed by atoms with Gasteiger partial charge in [0.1, 0.15) is 0 Å². The molecule has 2 fully saturated rings. The molecule has 7 nitrogen and oxygen atoms in total. The molecule has 9 heteroatoms. The number of benzene rings is 2. The lowest BCUT2D eigenvalue weighted by atomic mass is 9.95. The van der Waals surface area contributed by atoms with E-state index in [9.17, 15) is 4.79 Å². The largest absolute Gasteiger partial charge is 0.378 e. The van der Waals surface area contributed by atoms with Gasteiger partial charge in [-0.05, 0) is 68.3 Å². The molecule has 2 aromatic carbocycles. The minimum atomic E-state index is -0.0821. The van der Waals surface area contributed by atoms with Crippen molar-refractivity contribution >= 4 is 34.9 Å². The maximum atomic E-state index is 12.7. The number of nitrogens with zero attached hydrogens (tertiary/aromatic N) is 2. The number of hydrogen-bond acceptors (Lipinski definition) is 8. The molecule has 0 spiro atoms. The molecule has 3 aliphatic rings. The normalized spacial score (nSPS) is 19.0. The molecule has 2 saturated heterocycles. The van der Waals surface area contributed by atoms with E-state index in [0.717, 1.165) is 66.6 Å². The van der Waals surface area contributed by atoms with Crippen LogP contribution in [0, 0.1) is 12.8 Å². The van der Waals surface area contributed by atoms with Gasteiger partial charge in [0.25, 0.3) is 0 Å². The van der Waals surface area contributed by atoms with Crippen LogP contribution in [-0.2, 0) is 4.74 Å². The zero-order valence-corrected chi connectivity index (χ0v) is 24.6. The number of aryl methyl sites for hydroxylation is 1. The van der Waals surface area contributed by atoms with Gasteiger partial charge in [-0.3, -0.25) is 9.78 Å². The molecule has 210 valence electrons. The van der Waals surface area contributed by atoms with E-state index in [1.165, 1.54) is 19.6 Å². The van der Waals surface area contributed by atoms with Crippen molar-refractivity contribution in [3.63, 3.8) is 0 Å². The van der Waals surface area contributed by atoms with E-state index in [1.54, 1.807) is 29.6 Å². The summed E-state index contributed by atoms with van der Waals surface area (Å²) in [7, 11) is 0. The van der Waals surface area contributed by atoms with Gasteiger partial charge < -0.3 is 25.3 Å². The first-order valence-electron chi connectivity index (χ1n) is 14.2. The zero-order chi connectivity index (χ0) is 27.8. The highest BCUT2D eigenvalue weighted by atomic mass is 32.2. The van der Waals surface area contributed by atoms with Crippen LogP contribution < -0.4 is 21.1 Å². The number of morpholine rings is 1. The second-order valence-corrected chi connectivity index (χ2v) is 12.9. The third kappa shape index (κ3) is 5.64. The highest BCUT2D eigenvalue weighted by Crippen LogP contribution is 2.52. The second kappa shape index (κ2) is 11.6. The zero-order valence-electron chi connectivity index (χ0n) is 23.0. The molecule has 5 heterocycles. The van der Waals surface area contributed by atoms with Gasteiger partial charge >= 0.3 is 0 Å². The summed E-state index contributed by atoms with van der Waals surface area (Å²) in [6.45, 7) is 7.05. The molecule has 41 heavy (non-hydrogen) atoms. The lowest BCUT2D eigenvalue weighted by molar-refractivity contribution is 0.122. The van der Waals surface area contributed by atoms with Crippen LogP contribution in [0.4, 0.5) is 11.4 Å². The average Bonchev–Trinajstić information content (AvgIpc) is 3.53. The van der Waals surface area contributed by atoms with Crippen molar-refractivity contribution in [1.82, 2.24) is 15.3 Å². The van der Waals surface area contributed by atoms with Gasteiger partial charge in [-0.2, -0.15) is 0 Å². The van der Waals surface area contributed by atoms with E-state index in [2.05, 4.69) is 88.1 Å². The van der Waals surface area contributed by atoms with Crippen LogP contribution in [0.3, 0.4) is 0 Å². The van der Waals surface area contributed by atoms with Gasteiger partial charge in [0.15, 0.2) is 0 Å². The Morgan fingerprint density at radius 1 is 1.00 bits per heavy atom. The Bertz CT molecular complexity index is 1630. The van der Waals surface area contributed by atoms with Crippen molar-refractivity contribution in [2.45, 2.75) is 39.0 Å². The second-order valence-electron chi connectivity index (χ2n) is 10.8. The molecule has 0 aliphatic carbocycles. The lowest BCUT2D eigenvalue weighted by Crippen LogP contribution is -2.36. The monoisotopic (exact) mass is 583 g/mol. The molecule has 3 N–H and O–H groups in total. The minimum Gasteiger partial charge on any atom is -0.378 e. The van der Waals surface area contributed by atoms with Crippen molar-refractivity contribution in [2.24, 2.45) is 5.92 Å². The lowest BCUT2D eigenvalue weighted by Gasteiger charge is -2.29. The van der Waals surface area contributed by atoms with E-state index >= 15 is 0 Å². The van der Waals surface area contributed by atoms with Crippen molar-refractivity contribution in [2.75, 3.05) is 49.6 Å². The first kappa shape index (κ1) is 26.6. The minimum absolute atomic E-state index is 0.0821. The van der Waals surface area contributed by atoms with Gasteiger partial charge in [0, 0.05) is 67.9 Å². The van der Waals surface area contributed by atoms with Crippen LogP contribution in [-0.4, -0.2) is 49.4 Å². The molecular weight excluding hydrogens is 551 g/mol. The maximum absolute atomic E-state index is 12.7. The molecule has 0 amide bonds. The number of aromatic amines is 1. The van der Waals surface area contributed by atoms with Gasteiger partial charge in [-0.25, -0.2) is 0 Å². The summed E-state index contributed by atoms with van der Waals surface area (Å²) in [4.78, 5) is 27.7. The maximum Gasteiger partial charge on any atom is 0.250 e. The smallest absolute Gasteiger partial charge is 0.250 e. The summed E-state index contributed by atoms with van der Waals surface area (Å²) in [6.07, 6.45) is 1.13. The number of aromatic nitrogens is 2. The molecule has 4 aromatic rings. The van der Waals surface area contributed by atoms with Crippen LogP contribution in [0.25, 0.3) is 11.3 Å². The first-order valence-corrected chi connectivity index (χ1v) is 15.8. The van der Waals surface area contributed by atoms with Crippen LogP contribution in [0.5, 0.6) is 0 Å². The first-order chi connectivity index (χ1) is 20.1. The van der Waals surface area contributed by atoms with Crippen molar-refractivity contribution < 1.29 is 4.74 Å². The topological polar surface area (TPSA) is 82.3 Å². The van der Waals surface area contributed by atoms with E-state index in [1.807, 2.05) is 0 Å². The Labute approximate surface area is 248 Å². The van der Waals surface area contributed by atoms with Crippen LogP contribution >= 0.6 is 23.5 Å². The Hall–Kier alpha value is -3.24. The molecule has 0 bridgehead atoms. The van der Waals surface area contributed by atoms with Gasteiger partial charge in [0.2, 0.25) is 5.56 Å². The number of ether oxygens (including phenoxy) is 1. The average molecular weight is 584 g/mol. The predicted molar refractivity (Wildman–Crippen MR) is 167 cm³/mol. The molecule has 2 unspecified atom stereocenters. The van der Waals surface area contributed by atoms with Crippen molar-refractivity contribution in [3.8, 4) is 11.3 Å². The molecule has 0 saturated carbocycles. The van der Waals surface area contributed by atoms with Gasteiger partial charge in [-0.1, -0.05) is 41.7 Å². The van der Waals surface area contributed by atoms with Crippen molar-refractivity contribution in [3.05, 3.63) is 88.5 Å². The fourth-order valence-corrected chi connectivity index (χ4v) is 8.31. The molecule has 2 aromatic heterocycles. The SMILES string of the molecule is Cc1cccc(C(Nc2ccc3c(c2)Sc2cccc(-c4cc(N5CCOCC5)cc(=O)[nH]4)c2S3)C2CCNC2)n1. The Morgan fingerprint density at radius 2 is 1.88 bits per heavy atom. The summed E-state index contributed by atoms with van der Waals surface area (Å²) < 4.78 is 5.51. The molecule has 3 aliphatic heterocycles. The number of anilines is 2. The van der Waals surface area contributed by atoms with Crippen LogP contribution in [0.2, 0.25) is 0 Å². The van der Waals surface area contributed by atoms with Crippen LogP contribution in [0.15, 0.2) is 91.1 Å². The summed E-state index contributed by atoms with van der Waals surface area (Å²) >= 11 is 3.57. The van der Waals surface area contributed by atoms with E-state index in [0.29, 0.717) is 19.1 Å². The summed E-state index contributed by atoms with van der Waals surface area (Å²) in [5.41, 5.74) is 6.03. The molecule has 2 atom stereocenters. The Balaban J connectivity index is 1.17. The number of fused-ring (bicyclic) bond motifs is 2. The van der Waals surface area contributed by atoms with Gasteiger partial charge in [-0.15, -0.1) is 0 Å².